The van der Waals surface area contributed by atoms with E-state index in [1.54, 1.807) is 29.2 Å². The molecule has 1 saturated heterocycles. The monoisotopic (exact) mass is 435 g/mol. The molecule has 0 saturated carbocycles. The van der Waals surface area contributed by atoms with E-state index in [0.717, 1.165) is 12.8 Å². The highest BCUT2D eigenvalue weighted by Gasteiger charge is 2.34. The van der Waals surface area contributed by atoms with Gasteiger partial charge in [0.2, 0.25) is 5.91 Å². The summed E-state index contributed by atoms with van der Waals surface area (Å²) in [5, 5.41) is 5.47. The van der Waals surface area contributed by atoms with E-state index in [2.05, 4.69) is 17.6 Å². The van der Waals surface area contributed by atoms with E-state index < -0.39 is 17.9 Å². The lowest BCUT2D eigenvalue weighted by atomic mass is 10.1. The van der Waals surface area contributed by atoms with E-state index in [1.165, 1.54) is 0 Å². The van der Waals surface area contributed by atoms with E-state index in [4.69, 9.17) is 21.7 Å². The van der Waals surface area contributed by atoms with Crippen molar-refractivity contribution in [3.63, 3.8) is 0 Å². The van der Waals surface area contributed by atoms with Crippen LogP contribution in [0.4, 0.5) is 0 Å². The predicted octanol–water partition coefficient (Wildman–Crippen LogP) is 2.02. The third kappa shape index (κ3) is 6.98. The van der Waals surface area contributed by atoms with Crippen molar-refractivity contribution in [2.75, 3.05) is 26.3 Å². The highest BCUT2D eigenvalue weighted by Crippen LogP contribution is 2.14. The summed E-state index contributed by atoms with van der Waals surface area (Å²) in [6, 6.07) is 5.96. The number of hydrogen-bond donors (Lipinski definition) is 2. The first-order chi connectivity index (χ1) is 14.5. The molecule has 0 radical (unpaired) electrons. The summed E-state index contributed by atoms with van der Waals surface area (Å²) in [4.78, 5) is 38.4. The summed E-state index contributed by atoms with van der Waals surface area (Å²) >= 11 is 5.35. The van der Waals surface area contributed by atoms with Gasteiger partial charge >= 0.3 is 5.97 Å². The Kier molecular flexibility index (Phi) is 9.53. The summed E-state index contributed by atoms with van der Waals surface area (Å²) in [6.07, 6.45) is 2.58. The smallest absolute Gasteiger partial charge is 0.308 e. The number of thiocarbonyl (C=S) groups is 1. The van der Waals surface area contributed by atoms with Crippen LogP contribution in [0.5, 0.6) is 5.75 Å². The Hall–Kier alpha value is -2.68. The molecule has 1 atom stereocenters. The number of nitrogens with one attached hydrogen (secondary N) is 2. The van der Waals surface area contributed by atoms with Gasteiger partial charge in [0.05, 0.1) is 19.6 Å². The molecule has 1 unspecified atom stereocenters. The highest BCUT2D eigenvalue weighted by atomic mass is 32.1. The molecule has 30 heavy (non-hydrogen) atoms. The van der Waals surface area contributed by atoms with Crippen LogP contribution in [0.25, 0.3) is 0 Å². The van der Waals surface area contributed by atoms with Gasteiger partial charge in [-0.3, -0.25) is 19.7 Å². The normalized spacial score (nSPS) is 15.9. The molecule has 2 amide bonds. The summed E-state index contributed by atoms with van der Waals surface area (Å²) in [6.45, 7) is 5.67. The Morgan fingerprint density at radius 3 is 2.60 bits per heavy atom. The number of rotatable bonds is 9. The van der Waals surface area contributed by atoms with Crippen LogP contribution in [0.15, 0.2) is 24.3 Å². The van der Waals surface area contributed by atoms with Crippen LogP contribution in [0.3, 0.4) is 0 Å². The van der Waals surface area contributed by atoms with Gasteiger partial charge in [-0.25, -0.2) is 0 Å². The number of unbranched alkanes of at least 4 members (excludes halogenated alkanes) is 1. The van der Waals surface area contributed by atoms with Crippen molar-refractivity contribution in [1.29, 1.82) is 0 Å². The largest absolute Gasteiger partial charge is 0.494 e. The van der Waals surface area contributed by atoms with Crippen molar-refractivity contribution in [1.82, 2.24) is 15.5 Å². The van der Waals surface area contributed by atoms with E-state index >= 15 is 0 Å². The topological polar surface area (TPSA) is 97.0 Å². The molecule has 1 heterocycles. The molecule has 8 nitrogen and oxygen atoms in total. The van der Waals surface area contributed by atoms with E-state index in [9.17, 15) is 14.4 Å². The van der Waals surface area contributed by atoms with Gasteiger partial charge in [0.25, 0.3) is 5.91 Å². The minimum Gasteiger partial charge on any atom is -0.494 e. The van der Waals surface area contributed by atoms with Gasteiger partial charge in [-0.2, -0.15) is 0 Å². The van der Waals surface area contributed by atoms with Crippen molar-refractivity contribution < 1.29 is 23.9 Å². The van der Waals surface area contributed by atoms with Gasteiger partial charge in [-0.1, -0.05) is 20.3 Å². The number of ether oxygens (including phenoxy) is 2. The van der Waals surface area contributed by atoms with Crippen molar-refractivity contribution >= 4 is 35.1 Å². The first-order valence-electron chi connectivity index (χ1n) is 10.2. The average molecular weight is 436 g/mol. The SMILES string of the molecule is CCCCOc1ccc(C(=O)NC(=S)N2CCNC(=O)C2CC(=O)OCCC)cc1. The third-order valence-corrected chi connectivity index (χ3v) is 4.86. The van der Waals surface area contributed by atoms with Crippen molar-refractivity contribution in [3.05, 3.63) is 29.8 Å². The maximum atomic E-state index is 12.6. The molecule has 0 spiro atoms. The quantitative estimate of drug-likeness (QED) is 0.348. The fraction of sp³-hybridized carbons (Fsp3) is 0.524. The highest BCUT2D eigenvalue weighted by molar-refractivity contribution is 7.80. The lowest BCUT2D eigenvalue weighted by Gasteiger charge is -2.36. The molecule has 0 aromatic heterocycles. The minimum absolute atomic E-state index is 0.103. The van der Waals surface area contributed by atoms with E-state index in [1.807, 2.05) is 6.92 Å². The molecule has 2 rings (SSSR count). The number of carbonyl (C=O) groups excluding carboxylic acids is 3. The Labute approximate surface area is 182 Å². The van der Waals surface area contributed by atoms with Crippen LogP contribution in [-0.4, -0.2) is 60.1 Å². The molecule has 9 heteroatoms. The molecule has 1 aliphatic heterocycles. The molecule has 0 aliphatic carbocycles. The molecule has 2 N–H and O–H groups in total. The molecular formula is C21H29N3O5S. The Morgan fingerprint density at radius 1 is 1.20 bits per heavy atom. The summed E-state index contributed by atoms with van der Waals surface area (Å²) in [5.41, 5.74) is 0.417. The first kappa shape index (κ1) is 23.6. The lowest BCUT2D eigenvalue weighted by Crippen LogP contribution is -2.60. The number of benzene rings is 1. The van der Waals surface area contributed by atoms with Crippen molar-refractivity contribution in [2.24, 2.45) is 0 Å². The van der Waals surface area contributed by atoms with E-state index in [0.29, 0.717) is 44.0 Å². The second-order valence-electron chi connectivity index (χ2n) is 6.91. The Morgan fingerprint density at radius 2 is 1.93 bits per heavy atom. The van der Waals surface area contributed by atoms with Crippen molar-refractivity contribution in [3.8, 4) is 5.75 Å². The van der Waals surface area contributed by atoms with Crippen LogP contribution in [0, 0.1) is 0 Å². The standard InChI is InChI=1S/C21H29N3O5S/c1-3-5-13-28-16-8-6-15(7-9-16)19(26)23-21(30)24-11-10-22-20(27)17(24)14-18(25)29-12-4-2/h6-9,17H,3-5,10-14H2,1-2H3,(H,22,27)(H,23,26,30). The van der Waals surface area contributed by atoms with Gasteiger partial charge in [-0.15, -0.1) is 0 Å². The average Bonchev–Trinajstić information content (AvgIpc) is 2.74. The van der Waals surface area contributed by atoms with Gasteiger partial charge in [-0.05, 0) is 49.3 Å². The zero-order valence-electron chi connectivity index (χ0n) is 17.4. The zero-order valence-corrected chi connectivity index (χ0v) is 18.3. The number of nitrogens with zero attached hydrogens (tertiary/aromatic N) is 1. The van der Waals surface area contributed by atoms with Gasteiger partial charge < -0.3 is 19.7 Å². The molecule has 1 fully saturated rings. The number of carbonyl (C=O) groups is 3. The maximum Gasteiger partial charge on any atom is 0.308 e. The lowest BCUT2D eigenvalue weighted by molar-refractivity contribution is -0.147. The molecule has 1 aromatic carbocycles. The number of esters is 1. The fourth-order valence-corrected chi connectivity index (χ4v) is 3.18. The second kappa shape index (κ2) is 12.1. The molecule has 1 aliphatic rings. The molecule has 1 aromatic rings. The van der Waals surface area contributed by atoms with Crippen LogP contribution in [0.1, 0.15) is 49.9 Å². The van der Waals surface area contributed by atoms with Crippen LogP contribution < -0.4 is 15.4 Å². The summed E-state index contributed by atoms with van der Waals surface area (Å²) in [5.74, 6) is -0.490. The minimum atomic E-state index is -0.815. The van der Waals surface area contributed by atoms with Crippen LogP contribution in [0.2, 0.25) is 0 Å². The molecule has 0 bridgehead atoms. The molecular weight excluding hydrogens is 406 g/mol. The summed E-state index contributed by atoms with van der Waals surface area (Å²) < 4.78 is 10.7. The number of piperazine rings is 1. The second-order valence-corrected chi connectivity index (χ2v) is 7.30. The fourth-order valence-electron chi connectivity index (χ4n) is 2.87. The third-order valence-electron chi connectivity index (χ3n) is 4.52. The van der Waals surface area contributed by atoms with Gasteiger partial charge in [0, 0.05) is 18.7 Å². The predicted molar refractivity (Wildman–Crippen MR) is 116 cm³/mol. The van der Waals surface area contributed by atoms with Gasteiger partial charge in [0.15, 0.2) is 5.11 Å². The molecule has 164 valence electrons. The van der Waals surface area contributed by atoms with Gasteiger partial charge in [0.1, 0.15) is 11.8 Å². The van der Waals surface area contributed by atoms with Crippen LogP contribution in [-0.2, 0) is 14.3 Å². The van der Waals surface area contributed by atoms with Crippen molar-refractivity contribution in [2.45, 2.75) is 45.6 Å². The number of amides is 2. The first-order valence-corrected chi connectivity index (χ1v) is 10.6. The Bertz CT molecular complexity index is 754. The Balaban J connectivity index is 1.97. The number of hydrogen-bond acceptors (Lipinski definition) is 6. The van der Waals surface area contributed by atoms with E-state index in [-0.39, 0.29) is 17.4 Å². The summed E-state index contributed by atoms with van der Waals surface area (Å²) in [7, 11) is 0. The van der Waals surface area contributed by atoms with Crippen LogP contribution >= 0.6 is 12.2 Å². The zero-order chi connectivity index (χ0) is 21.9. The maximum absolute atomic E-state index is 12.6.